The predicted octanol–water partition coefficient (Wildman–Crippen LogP) is -0.614. The van der Waals surface area contributed by atoms with E-state index in [2.05, 4.69) is 0 Å². The minimum Gasteiger partial charge on any atom is -0.508 e. The van der Waals surface area contributed by atoms with Crippen molar-refractivity contribution in [3.05, 3.63) is 59.7 Å². The summed E-state index contributed by atoms with van der Waals surface area (Å²) in [5.74, 6) is -5.51. The molecule has 0 bridgehead atoms. The Morgan fingerprint density at radius 3 is 1.80 bits per heavy atom. The number of aliphatic hydroxyl groups is 4. The zero-order valence-corrected chi connectivity index (χ0v) is 36.3. The molecule has 2 aromatic rings. The molecular weight excluding hydrogens is 884 g/mol. The Balaban J connectivity index is 1.59. The summed E-state index contributed by atoms with van der Waals surface area (Å²) >= 11 is 0. The van der Waals surface area contributed by atoms with E-state index in [4.69, 9.17) is 52.1 Å². The van der Waals surface area contributed by atoms with Gasteiger partial charge in [-0.2, -0.15) is 0 Å². The second kappa shape index (κ2) is 23.3. The average molecular weight is 939 g/mol. The number of hydrogen-bond acceptors (Lipinski definition) is 23. The second-order valence-corrected chi connectivity index (χ2v) is 15.5. The van der Waals surface area contributed by atoms with Crippen molar-refractivity contribution in [3.8, 4) is 17.2 Å². The van der Waals surface area contributed by atoms with Crippen LogP contribution in [0, 0.1) is 0 Å². The van der Waals surface area contributed by atoms with E-state index in [1.807, 2.05) is 0 Å². The first kappa shape index (κ1) is 51.5. The third kappa shape index (κ3) is 13.6. The summed E-state index contributed by atoms with van der Waals surface area (Å²) in [5, 5.41) is 71.1. The maximum Gasteiger partial charge on any atom is 0.331 e. The number of phenols is 3. The lowest BCUT2D eigenvalue weighted by Gasteiger charge is -2.49. The fourth-order valence-corrected chi connectivity index (χ4v) is 7.33. The van der Waals surface area contributed by atoms with Gasteiger partial charge in [-0.1, -0.05) is 18.2 Å². The molecule has 5 rings (SSSR count). The molecule has 23 nitrogen and oxygen atoms in total. The Kier molecular flexibility index (Phi) is 18.2. The highest BCUT2D eigenvalue weighted by atomic mass is 16.8. The number of phenolic OH excluding ortho intramolecular Hbond substituents is 3. The molecule has 0 radical (unpaired) electrons. The highest BCUT2D eigenvalue weighted by molar-refractivity contribution is 5.87. The molecule has 15 atom stereocenters. The van der Waals surface area contributed by atoms with Crippen LogP contribution in [-0.4, -0.2) is 178 Å². The molecule has 0 aromatic heterocycles. The number of ether oxygens (including phenoxy) is 11. The second-order valence-electron chi connectivity index (χ2n) is 15.5. The Morgan fingerprint density at radius 2 is 1.20 bits per heavy atom. The quantitative estimate of drug-likeness (QED) is 0.0450. The van der Waals surface area contributed by atoms with E-state index in [0.717, 1.165) is 33.8 Å². The first-order chi connectivity index (χ1) is 31.3. The van der Waals surface area contributed by atoms with E-state index in [1.165, 1.54) is 55.5 Å². The Labute approximate surface area is 377 Å². The molecule has 3 heterocycles. The summed E-state index contributed by atoms with van der Waals surface area (Å²) < 4.78 is 64.7. The number of aromatic hydroxyl groups is 3. The van der Waals surface area contributed by atoms with Crippen molar-refractivity contribution in [2.75, 3.05) is 19.8 Å². The van der Waals surface area contributed by atoms with Gasteiger partial charge in [0.05, 0.1) is 25.9 Å². The van der Waals surface area contributed by atoms with E-state index >= 15 is 0 Å². The summed E-state index contributed by atoms with van der Waals surface area (Å²) in [4.78, 5) is 64.0. The molecular formula is C43H54O23. The topological polar surface area (TPSA) is 328 Å². The molecule has 3 saturated heterocycles. The maximum absolute atomic E-state index is 13.8. The third-order valence-corrected chi connectivity index (χ3v) is 10.4. The van der Waals surface area contributed by atoms with Crippen LogP contribution in [0.4, 0.5) is 0 Å². The smallest absolute Gasteiger partial charge is 0.331 e. The molecule has 0 amide bonds. The fraction of sp³-hybridized carbons (Fsp3) is 0.558. The van der Waals surface area contributed by atoms with Crippen molar-refractivity contribution in [3.63, 3.8) is 0 Å². The third-order valence-electron chi connectivity index (χ3n) is 10.4. The lowest BCUT2D eigenvalue weighted by atomic mass is 9.96. The molecule has 3 fully saturated rings. The van der Waals surface area contributed by atoms with Crippen molar-refractivity contribution < 1.29 is 112 Å². The van der Waals surface area contributed by atoms with Gasteiger partial charge in [0.1, 0.15) is 42.4 Å². The van der Waals surface area contributed by atoms with E-state index < -0.39 is 141 Å². The standard InChI is InChI=1S/C43H54O23/c1-19-35(59-20(2)45)37(60-21(3)46)40(62-23(5)48)43(58-19)66-38-36(65-31(52)13-9-24-6-10-26(49)11-7-24)30(18-57-41-34(55)33(54)32(53)29(17-44)63-41)64-42(39(38)61-22(4)47)56-15-14-25-8-12-27(50)28(51)16-25/h6-13,16,19,29-30,32-44,49-51,53-55H,14-15,17-18H2,1-5H3. The van der Waals surface area contributed by atoms with E-state index in [9.17, 15) is 59.7 Å². The van der Waals surface area contributed by atoms with Crippen molar-refractivity contribution in [2.45, 2.75) is 133 Å². The molecule has 0 spiro atoms. The van der Waals surface area contributed by atoms with Gasteiger partial charge in [-0.25, -0.2) is 4.79 Å². The van der Waals surface area contributed by atoms with Crippen molar-refractivity contribution in [1.29, 1.82) is 0 Å². The van der Waals surface area contributed by atoms with E-state index in [1.54, 1.807) is 0 Å². The van der Waals surface area contributed by atoms with Crippen LogP contribution in [0.25, 0.3) is 6.08 Å². The Morgan fingerprint density at radius 1 is 0.606 bits per heavy atom. The van der Waals surface area contributed by atoms with E-state index in [0.29, 0.717) is 11.1 Å². The summed E-state index contributed by atoms with van der Waals surface area (Å²) in [7, 11) is 0. The van der Waals surface area contributed by atoms with Gasteiger partial charge in [0, 0.05) is 33.8 Å². The van der Waals surface area contributed by atoms with Gasteiger partial charge in [-0.05, 0) is 54.8 Å². The fourth-order valence-electron chi connectivity index (χ4n) is 7.33. The van der Waals surface area contributed by atoms with Crippen LogP contribution < -0.4 is 0 Å². The van der Waals surface area contributed by atoms with Crippen LogP contribution >= 0.6 is 0 Å². The van der Waals surface area contributed by atoms with Crippen molar-refractivity contribution >= 4 is 35.9 Å². The largest absolute Gasteiger partial charge is 0.508 e. The summed E-state index contributed by atoms with van der Waals surface area (Å²) in [6, 6.07) is 9.72. The number of esters is 5. The molecule has 2 aromatic carbocycles. The highest BCUT2D eigenvalue weighted by Gasteiger charge is 2.57. The lowest BCUT2D eigenvalue weighted by molar-refractivity contribution is -0.365. The molecule has 66 heavy (non-hydrogen) atoms. The van der Waals surface area contributed by atoms with Gasteiger partial charge in [0.15, 0.2) is 60.9 Å². The van der Waals surface area contributed by atoms with Gasteiger partial charge in [0.25, 0.3) is 0 Å². The van der Waals surface area contributed by atoms with Gasteiger partial charge in [0.2, 0.25) is 0 Å². The maximum atomic E-state index is 13.8. The first-order valence-electron chi connectivity index (χ1n) is 20.6. The average Bonchev–Trinajstić information content (AvgIpc) is 3.24. The normalized spacial score (nSPS) is 32.2. The lowest BCUT2D eigenvalue weighted by Crippen LogP contribution is -2.67. The van der Waals surface area contributed by atoms with Crippen LogP contribution in [0.3, 0.4) is 0 Å². The monoisotopic (exact) mass is 938 g/mol. The zero-order chi connectivity index (χ0) is 48.4. The predicted molar refractivity (Wildman–Crippen MR) is 216 cm³/mol. The molecule has 3 aliphatic rings. The minimum absolute atomic E-state index is 0.0489. The highest BCUT2D eigenvalue weighted by Crippen LogP contribution is 2.36. The number of rotatable bonds is 17. The Bertz CT molecular complexity index is 2010. The van der Waals surface area contributed by atoms with Gasteiger partial charge < -0.3 is 87.9 Å². The number of benzene rings is 2. The van der Waals surface area contributed by atoms with Crippen LogP contribution in [0.1, 0.15) is 45.7 Å². The molecule has 3 aliphatic heterocycles. The van der Waals surface area contributed by atoms with Crippen LogP contribution in [0.15, 0.2) is 48.5 Å². The van der Waals surface area contributed by atoms with Crippen LogP contribution in [0.5, 0.6) is 17.2 Å². The van der Waals surface area contributed by atoms with Gasteiger partial charge >= 0.3 is 29.8 Å². The van der Waals surface area contributed by atoms with Gasteiger partial charge in [-0.3, -0.25) is 19.2 Å². The number of carbonyl (C=O) groups is 5. The van der Waals surface area contributed by atoms with Gasteiger partial charge in [-0.15, -0.1) is 0 Å². The number of carbonyl (C=O) groups excluding carboxylic acids is 5. The van der Waals surface area contributed by atoms with Crippen molar-refractivity contribution in [1.82, 2.24) is 0 Å². The minimum atomic E-state index is -1.90. The summed E-state index contributed by atoms with van der Waals surface area (Å²) in [5.41, 5.74) is 0.918. The van der Waals surface area contributed by atoms with Crippen LogP contribution in [-0.2, 0) is 82.5 Å². The Hall–Kier alpha value is -5.47. The first-order valence-corrected chi connectivity index (χ1v) is 20.6. The zero-order valence-electron chi connectivity index (χ0n) is 36.3. The summed E-state index contributed by atoms with van der Waals surface area (Å²) in [6.07, 6.45) is -22.5. The molecule has 0 aliphatic carbocycles. The summed E-state index contributed by atoms with van der Waals surface area (Å²) in [6.45, 7) is 3.82. The van der Waals surface area contributed by atoms with E-state index in [-0.39, 0.29) is 24.5 Å². The molecule has 23 heteroatoms. The molecule has 7 N–H and O–H groups in total. The van der Waals surface area contributed by atoms with Crippen molar-refractivity contribution in [2.24, 2.45) is 0 Å². The molecule has 364 valence electrons. The number of aliphatic hydroxyl groups excluding tert-OH is 4. The SMILES string of the molecule is CC(=O)OC1C(C)OC(OC2C(OC(=O)C=Cc3ccc(O)cc3)C(COC3OC(CO)C(O)C(O)C3O)OC(OCCc3ccc(O)c(O)c3)C2OC(C)=O)C(OC(C)=O)C1OC(C)=O. The molecule has 0 saturated carbocycles. The van der Waals surface area contributed by atoms with Crippen LogP contribution in [0.2, 0.25) is 0 Å². The molecule has 15 unspecified atom stereocenters. The number of hydrogen-bond donors (Lipinski definition) is 7.